The Kier molecular flexibility index (Phi) is 5.92. The van der Waals surface area contributed by atoms with E-state index in [9.17, 15) is 24.0 Å². The number of carbonyl (C=O) groups excluding carboxylic acids is 3. The van der Waals surface area contributed by atoms with Crippen LogP contribution in [0.1, 0.15) is 44.1 Å². The van der Waals surface area contributed by atoms with E-state index in [-0.39, 0.29) is 23.6 Å². The average Bonchev–Trinajstić information content (AvgIpc) is 3.30. The first-order chi connectivity index (χ1) is 14.1. The van der Waals surface area contributed by atoms with Gasteiger partial charge in [0.2, 0.25) is 5.91 Å². The van der Waals surface area contributed by atoms with E-state index in [0.717, 1.165) is 6.29 Å². The van der Waals surface area contributed by atoms with E-state index in [1.165, 1.54) is 17.0 Å². The normalized spacial score (nSPS) is 20.0. The first-order valence-corrected chi connectivity index (χ1v) is 9.86. The van der Waals surface area contributed by atoms with E-state index in [2.05, 4.69) is 16.4 Å². The third kappa shape index (κ3) is 4.51. The van der Waals surface area contributed by atoms with Gasteiger partial charge in [0.25, 0.3) is 5.91 Å². The summed E-state index contributed by atoms with van der Waals surface area (Å²) in [6.07, 6.45) is 1.39. The second-order valence-corrected chi connectivity index (χ2v) is 8.94. The number of aromatic amines is 1. The molecule has 2 amide bonds. The van der Waals surface area contributed by atoms with Gasteiger partial charge in [-0.1, -0.05) is 26.8 Å². The zero-order chi connectivity index (χ0) is 22.1. The monoisotopic (exact) mass is 412 g/mol. The Balaban J connectivity index is 1.85. The van der Waals surface area contributed by atoms with Crippen molar-refractivity contribution < 1.29 is 18.8 Å². The molecule has 1 aliphatic rings. The number of carbonyl (C=O) groups is 3. The summed E-state index contributed by atoms with van der Waals surface area (Å²) < 4.78 is 14.0. The van der Waals surface area contributed by atoms with Crippen molar-refractivity contribution in [3.05, 3.63) is 35.8 Å². The van der Waals surface area contributed by atoms with Crippen molar-refractivity contribution in [1.82, 2.24) is 15.2 Å². The summed E-state index contributed by atoms with van der Waals surface area (Å²) in [5, 5.41) is 12.4. The van der Waals surface area contributed by atoms with Crippen LogP contribution in [-0.4, -0.2) is 46.6 Å². The van der Waals surface area contributed by atoms with Crippen LogP contribution in [0.3, 0.4) is 0 Å². The molecule has 0 bridgehead atoms. The van der Waals surface area contributed by atoms with Crippen molar-refractivity contribution >= 4 is 29.0 Å². The molecule has 2 N–H and O–H groups in total. The molecule has 0 aliphatic carbocycles. The van der Waals surface area contributed by atoms with Crippen LogP contribution in [0.4, 0.5) is 4.39 Å². The quantitative estimate of drug-likeness (QED) is 0.737. The number of aldehydes is 1. The smallest absolute Gasteiger partial charge is 0.268 e. The predicted molar refractivity (Wildman–Crippen MR) is 109 cm³/mol. The van der Waals surface area contributed by atoms with Crippen LogP contribution < -0.4 is 5.32 Å². The fourth-order valence-corrected chi connectivity index (χ4v) is 3.82. The summed E-state index contributed by atoms with van der Waals surface area (Å²) in [5.41, 5.74) is 0.342. The lowest BCUT2D eigenvalue weighted by Gasteiger charge is -2.30. The van der Waals surface area contributed by atoms with Crippen molar-refractivity contribution in [2.75, 3.05) is 6.54 Å². The number of likely N-dealkylation sites (tertiary alicyclic amines) is 1. The number of aromatic nitrogens is 1. The lowest BCUT2D eigenvalue weighted by Crippen LogP contribution is -2.51. The SMILES string of the molecule is CC(C)(C)CC(NC(=O)c1cc2c(F)cccc2[nH]1)C(=O)N1CC(C=O)CC1C#N. The van der Waals surface area contributed by atoms with Gasteiger partial charge in [0.05, 0.1) is 6.07 Å². The minimum atomic E-state index is -0.880. The number of rotatable bonds is 5. The van der Waals surface area contributed by atoms with Crippen LogP contribution in [0.5, 0.6) is 0 Å². The molecule has 1 fully saturated rings. The number of nitriles is 1. The van der Waals surface area contributed by atoms with Crippen LogP contribution in [0.15, 0.2) is 24.3 Å². The summed E-state index contributed by atoms with van der Waals surface area (Å²) in [4.78, 5) is 41.5. The number of nitrogens with one attached hydrogen (secondary N) is 2. The first-order valence-electron chi connectivity index (χ1n) is 9.86. The number of hydrogen-bond donors (Lipinski definition) is 2. The third-order valence-electron chi connectivity index (χ3n) is 5.23. The van der Waals surface area contributed by atoms with E-state index < -0.39 is 29.7 Å². The molecule has 0 spiro atoms. The van der Waals surface area contributed by atoms with Gasteiger partial charge in [0.15, 0.2) is 0 Å². The molecule has 2 aromatic rings. The molecule has 0 saturated carbocycles. The number of amides is 2. The molecular formula is C22H25FN4O3. The Bertz CT molecular complexity index is 1020. The van der Waals surface area contributed by atoms with Crippen LogP contribution >= 0.6 is 0 Å². The largest absolute Gasteiger partial charge is 0.350 e. The van der Waals surface area contributed by atoms with Crippen LogP contribution in [0.25, 0.3) is 10.9 Å². The molecule has 1 aromatic carbocycles. The number of halogens is 1. The molecule has 1 saturated heterocycles. The standard InChI is InChI=1S/C22H25FN4O3/c1-22(2,3)9-19(21(30)27-11-13(12-28)7-14(27)10-24)26-20(29)18-8-15-16(23)5-4-6-17(15)25-18/h4-6,8,12-14,19,25H,7,9,11H2,1-3H3,(H,26,29). The Morgan fingerprint density at radius 1 is 1.43 bits per heavy atom. The molecule has 2 heterocycles. The molecule has 1 aliphatic heterocycles. The van der Waals surface area contributed by atoms with Gasteiger partial charge in [-0.05, 0) is 36.5 Å². The van der Waals surface area contributed by atoms with Crippen LogP contribution in [0, 0.1) is 28.5 Å². The highest BCUT2D eigenvalue weighted by Crippen LogP contribution is 2.27. The molecule has 8 heteroatoms. The minimum absolute atomic E-state index is 0.144. The summed E-state index contributed by atoms with van der Waals surface area (Å²) in [6.45, 7) is 5.99. The number of benzene rings is 1. The molecule has 0 radical (unpaired) electrons. The van der Waals surface area contributed by atoms with Gasteiger partial charge in [0.1, 0.15) is 29.9 Å². The lowest BCUT2D eigenvalue weighted by atomic mass is 9.87. The van der Waals surface area contributed by atoms with E-state index in [4.69, 9.17) is 0 Å². The highest BCUT2D eigenvalue weighted by atomic mass is 19.1. The van der Waals surface area contributed by atoms with Crippen molar-refractivity contribution in [2.45, 2.75) is 45.7 Å². The van der Waals surface area contributed by atoms with Gasteiger partial charge in [-0.15, -0.1) is 0 Å². The first kappa shape index (κ1) is 21.5. The average molecular weight is 412 g/mol. The molecule has 158 valence electrons. The summed E-state index contributed by atoms with van der Waals surface area (Å²) in [6, 6.07) is 6.42. The molecule has 7 nitrogen and oxygen atoms in total. The fourth-order valence-electron chi connectivity index (χ4n) is 3.82. The molecule has 30 heavy (non-hydrogen) atoms. The third-order valence-corrected chi connectivity index (χ3v) is 5.23. The lowest BCUT2D eigenvalue weighted by molar-refractivity contribution is -0.134. The summed E-state index contributed by atoms with van der Waals surface area (Å²) >= 11 is 0. The van der Waals surface area contributed by atoms with Crippen LogP contribution in [-0.2, 0) is 9.59 Å². The maximum Gasteiger partial charge on any atom is 0.268 e. The van der Waals surface area contributed by atoms with E-state index in [1.54, 1.807) is 12.1 Å². The van der Waals surface area contributed by atoms with E-state index in [1.807, 2.05) is 20.8 Å². The molecular weight excluding hydrogens is 387 g/mol. The molecule has 3 rings (SSSR count). The molecule has 3 unspecified atom stereocenters. The van der Waals surface area contributed by atoms with Crippen molar-refractivity contribution in [2.24, 2.45) is 11.3 Å². The minimum Gasteiger partial charge on any atom is -0.350 e. The van der Waals surface area contributed by atoms with Crippen LogP contribution in [0.2, 0.25) is 0 Å². The van der Waals surface area contributed by atoms with Gasteiger partial charge in [0, 0.05) is 23.4 Å². The maximum atomic E-state index is 14.0. The van der Waals surface area contributed by atoms with Gasteiger partial charge in [-0.2, -0.15) is 5.26 Å². The Labute approximate surface area is 174 Å². The second-order valence-electron chi connectivity index (χ2n) is 8.94. The van der Waals surface area contributed by atoms with Gasteiger partial charge >= 0.3 is 0 Å². The van der Waals surface area contributed by atoms with Crippen molar-refractivity contribution in [3.63, 3.8) is 0 Å². The van der Waals surface area contributed by atoms with Crippen molar-refractivity contribution in [3.8, 4) is 6.07 Å². The number of hydrogen-bond acceptors (Lipinski definition) is 4. The Morgan fingerprint density at radius 3 is 2.77 bits per heavy atom. The van der Waals surface area contributed by atoms with Gasteiger partial charge in [-0.25, -0.2) is 4.39 Å². The highest BCUT2D eigenvalue weighted by Gasteiger charge is 2.39. The van der Waals surface area contributed by atoms with Gasteiger partial charge in [-0.3, -0.25) is 9.59 Å². The van der Waals surface area contributed by atoms with E-state index in [0.29, 0.717) is 23.7 Å². The number of H-pyrrole nitrogens is 1. The number of nitrogens with zero attached hydrogens (tertiary/aromatic N) is 2. The van der Waals surface area contributed by atoms with Crippen molar-refractivity contribution in [1.29, 1.82) is 5.26 Å². The summed E-state index contributed by atoms with van der Waals surface area (Å²) in [5.74, 6) is -1.76. The molecule has 1 aromatic heterocycles. The van der Waals surface area contributed by atoms with E-state index >= 15 is 0 Å². The maximum absolute atomic E-state index is 14.0. The fraction of sp³-hybridized carbons (Fsp3) is 0.455. The zero-order valence-corrected chi connectivity index (χ0v) is 17.2. The number of fused-ring (bicyclic) bond motifs is 1. The topological polar surface area (TPSA) is 106 Å². The highest BCUT2D eigenvalue weighted by molar-refractivity contribution is 6.00. The molecule has 3 atom stereocenters. The van der Waals surface area contributed by atoms with Gasteiger partial charge < -0.3 is 20.0 Å². The zero-order valence-electron chi connectivity index (χ0n) is 17.2. The Hall–Kier alpha value is -3.21. The Morgan fingerprint density at radius 2 is 2.17 bits per heavy atom. The summed E-state index contributed by atoms with van der Waals surface area (Å²) in [7, 11) is 0. The second kappa shape index (κ2) is 8.27. The predicted octanol–water partition coefficient (Wildman–Crippen LogP) is 2.78.